The number of aliphatic hydroxyl groups is 2. The van der Waals surface area contributed by atoms with Gasteiger partial charge in [0.1, 0.15) is 23.8 Å². The van der Waals surface area contributed by atoms with E-state index in [4.69, 9.17) is 11.0 Å². The summed E-state index contributed by atoms with van der Waals surface area (Å²) < 4.78 is 26.7. The molecule has 1 rings (SSSR count). The SMILES string of the molecule is N#Cc1cc(F)c(C(O)C(O)CC(N)=O)cc1F. The Morgan fingerprint density at radius 1 is 1.39 bits per heavy atom. The number of carbonyl (C=O) groups excluding carboxylic acids is 1. The molecular formula is C11H10F2N2O3. The fourth-order valence-electron chi connectivity index (χ4n) is 1.40. The lowest BCUT2D eigenvalue weighted by Gasteiger charge is -2.17. The van der Waals surface area contributed by atoms with E-state index in [0.717, 1.165) is 0 Å². The third-order valence-electron chi connectivity index (χ3n) is 2.30. The molecule has 0 heterocycles. The van der Waals surface area contributed by atoms with Crippen molar-refractivity contribution in [2.24, 2.45) is 5.73 Å². The highest BCUT2D eigenvalue weighted by atomic mass is 19.1. The molecule has 0 aliphatic heterocycles. The zero-order valence-corrected chi connectivity index (χ0v) is 9.10. The Hall–Kier alpha value is -2.04. The summed E-state index contributed by atoms with van der Waals surface area (Å²) in [4.78, 5) is 10.5. The molecule has 1 amide bonds. The molecule has 1 aromatic rings. The summed E-state index contributed by atoms with van der Waals surface area (Å²) >= 11 is 0. The maximum Gasteiger partial charge on any atom is 0.220 e. The molecule has 5 nitrogen and oxygen atoms in total. The van der Waals surface area contributed by atoms with Crippen LogP contribution in [0, 0.1) is 23.0 Å². The number of halogens is 2. The lowest BCUT2D eigenvalue weighted by atomic mass is 10.00. The van der Waals surface area contributed by atoms with E-state index in [-0.39, 0.29) is 0 Å². The quantitative estimate of drug-likeness (QED) is 0.710. The molecule has 0 bridgehead atoms. The van der Waals surface area contributed by atoms with Crippen molar-refractivity contribution in [1.29, 1.82) is 5.26 Å². The van der Waals surface area contributed by atoms with Gasteiger partial charge in [-0.25, -0.2) is 8.78 Å². The minimum absolute atomic E-state index is 0.521. The first kappa shape index (κ1) is 14.0. The monoisotopic (exact) mass is 256 g/mol. The lowest BCUT2D eigenvalue weighted by molar-refractivity contribution is -0.121. The van der Waals surface area contributed by atoms with Crippen LogP contribution < -0.4 is 5.73 Å². The second-order valence-electron chi connectivity index (χ2n) is 3.65. The van der Waals surface area contributed by atoms with E-state index in [9.17, 15) is 23.8 Å². The standard InChI is InChI=1S/C11H10F2N2O3/c12-7-2-6(8(13)1-5(7)4-14)11(18)9(16)3-10(15)17/h1-2,9,11,16,18H,3H2,(H2,15,17). The van der Waals surface area contributed by atoms with E-state index in [1.165, 1.54) is 6.07 Å². The number of carbonyl (C=O) groups is 1. The fraction of sp³-hybridized carbons (Fsp3) is 0.273. The summed E-state index contributed by atoms with van der Waals surface area (Å²) in [6, 6.07) is 2.63. The number of rotatable bonds is 4. The molecule has 0 saturated carbocycles. The topological polar surface area (TPSA) is 107 Å². The zero-order chi connectivity index (χ0) is 13.9. The summed E-state index contributed by atoms with van der Waals surface area (Å²) in [5.74, 6) is -2.97. The van der Waals surface area contributed by atoms with Crippen molar-refractivity contribution >= 4 is 5.91 Å². The van der Waals surface area contributed by atoms with Crippen molar-refractivity contribution in [2.45, 2.75) is 18.6 Å². The first-order chi connectivity index (χ1) is 8.36. The zero-order valence-electron chi connectivity index (χ0n) is 9.10. The van der Waals surface area contributed by atoms with Crippen LogP contribution >= 0.6 is 0 Å². The molecule has 0 aliphatic carbocycles. The number of nitrogens with two attached hydrogens (primary N) is 1. The lowest BCUT2D eigenvalue weighted by Crippen LogP contribution is -2.26. The van der Waals surface area contributed by atoms with E-state index in [2.05, 4.69) is 0 Å². The predicted octanol–water partition coefficient (Wildman–Crippen LogP) is 0.106. The molecule has 2 atom stereocenters. The van der Waals surface area contributed by atoms with Crippen LogP contribution in [0.4, 0.5) is 8.78 Å². The highest BCUT2D eigenvalue weighted by Crippen LogP contribution is 2.24. The molecule has 0 spiro atoms. The van der Waals surface area contributed by atoms with Gasteiger partial charge in [-0.15, -0.1) is 0 Å². The number of benzene rings is 1. The van der Waals surface area contributed by atoms with Gasteiger partial charge in [0.15, 0.2) is 0 Å². The summed E-state index contributed by atoms with van der Waals surface area (Å²) in [7, 11) is 0. The van der Waals surface area contributed by atoms with Gasteiger partial charge in [-0.1, -0.05) is 0 Å². The van der Waals surface area contributed by atoms with Gasteiger partial charge in [0.05, 0.1) is 18.1 Å². The highest BCUT2D eigenvalue weighted by Gasteiger charge is 2.24. The number of hydrogen-bond acceptors (Lipinski definition) is 4. The van der Waals surface area contributed by atoms with Crippen LogP contribution in [0.5, 0.6) is 0 Å². The first-order valence-corrected chi connectivity index (χ1v) is 4.90. The Balaban J connectivity index is 3.07. The molecule has 7 heteroatoms. The molecule has 0 radical (unpaired) electrons. The fourth-order valence-corrected chi connectivity index (χ4v) is 1.40. The maximum absolute atomic E-state index is 13.5. The van der Waals surface area contributed by atoms with E-state index in [1.54, 1.807) is 0 Å². The minimum Gasteiger partial charge on any atom is -0.390 e. The van der Waals surface area contributed by atoms with Crippen LogP contribution in [0.3, 0.4) is 0 Å². The third kappa shape index (κ3) is 3.00. The van der Waals surface area contributed by atoms with Crippen LogP contribution in [-0.4, -0.2) is 22.2 Å². The normalized spacial score (nSPS) is 13.7. The Kier molecular flexibility index (Phi) is 4.31. The van der Waals surface area contributed by atoms with Crippen LogP contribution in [0.2, 0.25) is 0 Å². The average Bonchev–Trinajstić information content (AvgIpc) is 2.29. The Labute approximate surface area is 101 Å². The number of primary amides is 1. The average molecular weight is 256 g/mol. The van der Waals surface area contributed by atoms with Crippen LogP contribution in [0.15, 0.2) is 12.1 Å². The van der Waals surface area contributed by atoms with Gasteiger partial charge in [-0.05, 0) is 12.1 Å². The van der Waals surface area contributed by atoms with Crippen LogP contribution in [0.1, 0.15) is 23.7 Å². The van der Waals surface area contributed by atoms with Gasteiger partial charge in [-0.3, -0.25) is 4.79 Å². The van der Waals surface area contributed by atoms with Gasteiger partial charge in [-0.2, -0.15) is 5.26 Å². The maximum atomic E-state index is 13.5. The Morgan fingerprint density at radius 2 is 2.00 bits per heavy atom. The molecule has 0 aliphatic rings. The second kappa shape index (κ2) is 5.53. The summed E-state index contributed by atoms with van der Waals surface area (Å²) in [5.41, 5.74) is 3.74. The number of amides is 1. The van der Waals surface area contributed by atoms with Gasteiger partial charge < -0.3 is 15.9 Å². The predicted molar refractivity (Wildman–Crippen MR) is 55.9 cm³/mol. The van der Waals surface area contributed by atoms with Crippen molar-refractivity contribution in [3.05, 3.63) is 34.9 Å². The molecule has 1 aromatic carbocycles. The van der Waals surface area contributed by atoms with Gasteiger partial charge in [0, 0.05) is 5.56 Å². The molecule has 4 N–H and O–H groups in total. The first-order valence-electron chi connectivity index (χ1n) is 4.90. The van der Waals surface area contributed by atoms with Crippen LogP contribution in [-0.2, 0) is 4.79 Å². The molecule has 0 fully saturated rings. The molecular weight excluding hydrogens is 246 g/mol. The molecule has 0 aromatic heterocycles. The van der Waals surface area contributed by atoms with Crippen LogP contribution in [0.25, 0.3) is 0 Å². The van der Waals surface area contributed by atoms with Crippen molar-refractivity contribution in [2.75, 3.05) is 0 Å². The summed E-state index contributed by atoms with van der Waals surface area (Å²) in [5, 5.41) is 27.4. The number of nitriles is 1. The van der Waals surface area contributed by atoms with Crippen molar-refractivity contribution in [3.63, 3.8) is 0 Å². The Bertz CT molecular complexity index is 514. The second-order valence-corrected chi connectivity index (χ2v) is 3.65. The number of nitrogens with zero attached hydrogens (tertiary/aromatic N) is 1. The van der Waals surface area contributed by atoms with Crippen molar-refractivity contribution < 1.29 is 23.8 Å². The summed E-state index contributed by atoms with van der Waals surface area (Å²) in [6.45, 7) is 0. The van der Waals surface area contributed by atoms with Crippen molar-refractivity contribution in [1.82, 2.24) is 0 Å². The number of hydrogen-bond donors (Lipinski definition) is 3. The minimum atomic E-state index is -1.81. The largest absolute Gasteiger partial charge is 0.390 e. The van der Waals surface area contributed by atoms with E-state index < -0.39 is 47.3 Å². The third-order valence-corrected chi connectivity index (χ3v) is 2.30. The van der Waals surface area contributed by atoms with Gasteiger partial charge >= 0.3 is 0 Å². The molecule has 2 unspecified atom stereocenters. The number of aliphatic hydroxyl groups excluding tert-OH is 2. The summed E-state index contributed by atoms with van der Waals surface area (Å²) in [6.07, 6.45) is -4.05. The van der Waals surface area contributed by atoms with E-state index >= 15 is 0 Å². The molecule has 18 heavy (non-hydrogen) atoms. The van der Waals surface area contributed by atoms with E-state index in [1.807, 2.05) is 0 Å². The molecule has 96 valence electrons. The van der Waals surface area contributed by atoms with Gasteiger partial charge in [0.25, 0.3) is 0 Å². The smallest absolute Gasteiger partial charge is 0.220 e. The van der Waals surface area contributed by atoms with Gasteiger partial charge in [0.2, 0.25) is 5.91 Å². The highest BCUT2D eigenvalue weighted by molar-refractivity contribution is 5.74. The Morgan fingerprint density at radius 3 is 2.50 bits per heavy atom. The molecule has 0 saturated heterocycles. The van der Waals surface area contributed by atoms with E-state index in [0.29, 0.717) is 12.1 Å². The van der Waals surface area contributed by atoms with Crippen molar-refractivity contribution in [3.8, 4) is 6.07 Å².